The molecule has 2 aromatic rings. The number of aromatic hydroxyl groups is 1. The van der Waals surface area contributed by atoms with Crippen molar-refractivity contribution >= 4 is 50.2 Å². The number of amidine groups is 1. The summed E-state index contributed by atoms with van der Waals surface area (Å²) in [4.78, 5) is 28.6. The molecule has 1 aliphatic rings. The third-order valence-corrected chi connectivity index (χ3v) is 5.00. The van der Waals surface area contributed by atoms with Crippen LogP contribution in [0.2, 0.25) is 0 Å². The van der Waals surface area contributed by atoms with Crippen molar-refractivity contribution in [1.29, 1.82) is 0 Å². The van der Waals surface area contributed by atoms with E-state index in [4.69, 9.17) is 0 Å². The van der Waals surface area contributed by atoms with E-state index in [9.17, 15) is 14.7 Å². The van der Waals surface area contributed by atoms with E-state index in [1.807, 2.05) is 0 Å². The molecule has 0 aromatic heterocycles. The first-order valence-corrected chi connectivity index (χ1v) is 8.82. The van der Waals surface area contributed by atoms with Gasteiger partial charge in [-0.2, -0.15) is 0 Å². The van der Waals surface area contributed by atoms with Crippen molar-refractivity contribution in [3.05, 3.63) is 58.6 Å². The number of phenolic OH excluding ortho intramolecular Hbond substituents is 1. The van der Waals surface area contributed by atoms with Crippen LogP contribution in [0.4, 0.5) is 5.69 Å². The van der Waals surface area contributed by atoms with E-state index in [0.717, 1.165) is 4.47 Å². The Hall–Kier alpha value is -2.12. The summed E-state index contributed by atoms with van der Waals surface area (Å²) in [5.41, 5.74) is 1.20. The maximum atomic E-state index is 12.3. The quantitative estimate of drug-likeness (QED) is 0.762. The molecular weight excluding hydrogens is 392 g/mol. The molecule has 1 saturated heterocycles. The molecule has 24 heavy (non-hydrogen) atoms. The van der Waals surface area contributed by atoms with Gasteiger partial charge in [-0.25, -0.2) is 4.99 Å². The summed E-state index contributed by atoms with van der Waals surface area (Å²) in [7, 11) is 0. The second-order valence-electron chi connectivity index (χ2n) is 5.16. The number of carbonyl (C=O) groups is 2. The summed E-state index contributed by atoms with van der Waals surface area (Å²) in [5, 5.41) is 11.9. The molecule has 122 valence electrons. The van der Waals surface area contributed by atoms with E-state index in [2.05, 4.69) is 26.2 Å². The number of nitrogens with zero attached hydrogens (tertiary/aromatic N) is 1. The summed E-state index contributed by atoms with van der Waals surface area (Å²) in [6.45, 7) is 0. The highest BCUT2D eigenvalue weighted by molar-refractivity contribution is 9.10. The molecule has 0 aliphatic carbocycles. The van der Waals surface area contributed by atoms with Gasteiger partial charge in [-0.3, -0.25) is 9.59 Å². The molecule has 0 saturated carbocycles. The second-order valence-corrected chi connectivity index (χ2v) is 7.27. The molecular formula is C17H13BrN2O3S. The maximum absolute atomic E-state index is 12.3. The zero-order valence-electron chi connectivity index (χ0n) is 12.4. The molecule has 5 nitrogen and oxygen atoms in total. The number of nitrogens with one attached hydrogen (secondary N) is 1. The summed E-state index contributed by atoms with van der Waals surface area (Å²) in [6, 6.07) is 13.4. The average Bonchev–Trinajstić information content (AvgIpc) is 2.89. The number of Topliss-reactive ketones (excluding diaryl/α,β-unsaturated/α-hetero) is 1. The van der Waals surface area contributed by atoms with Crippen molar-refractivity contribution in [3.63, 3.8) is 0 Å². The lowest BCUT2D eigenvalue weighted by Crippen LogP contribution is -2.26. The summed E-state index contributed by atoms with van der Waals surface area (Å²) in [5.74, 6) is -0.149. The molecule has 3 rings (SSSR count). The van der Waals surface area contributed by atoms with Crippen molar-refractivity contribution in [1.82, 2.24) is 5.32 Å². The Morgan fingerprint density at radius 3 is 2.50 bits per heavy atom. The number of thioether (sulfide) groups is 1. The largest absolute Gasteiger partial charge is 0.508 e. The van der Waals surface area contributed by atoms with Crippen molar-refractivity contribution in [2.75, 3.05) is 0 Å². The van der Waals surface area contributed by atoms with Gasteiger partial charge in [0.2, 0.25) is 5.91 Å². The van der Waals surface area contributed by atoms with E-state index >= 15 is 0 Å². The van der Waals surface area contributed by atoms with Crippen LogP contribution in [0.15, 0.2) is 58.0 Å². The lowest BCUT2D eigenvalue weighted by atomic mass is 10.1. The van der Waals surface area contributed by atoms with Crippen LogP contribution in [-0.2, 0) is 4.79 Å². The molecule has 1 amide bonds. The standard InChI is InChI=1S/C17H13BrN2O3S/c18-11-3-1-10(2-4-11)14(22)9-15-16(23)20-17(24-15)19-12-5-7-13(21)8-6-12/h1-8,15,21H,9H2,(H,19,20,23)/t15-/m1/s1. The highest BCUT2D eigenvalue weighted by atomic mass is 79.9. The molecule has 2 aromatic carbocycles. The number of amides is 1. The fourth-order valence-corrected chi connectivity index (χ4v) is 3.41. The fraction of sp³-hybridized carbons (Fsp3) is 0.118. The molecule has 0 bridgehead atoms. The molecule has 1 atom stereocenters. The fourth-order valence-electron chi connectivity index (χ4n) is 2.16. The molecule has 0 radical (unpaired) electrons. The lowest BCUT2D eigenvalue weighted by Gasteiger charge is -2.04. The Labute approximate surface area is 151 Å². The number of hydrogen-bond acceptors (Lipinski definition) is 5. The Kier molecular flexibility index (Phi) is 5.01. The van der Waals surface area contributed by atoms with Gasteiger partial charge in [-0.15, -0.1) is 0 Å². The number of ketones is 1. The minimum atomic E-state index is -0.489. The van der Waals surface area contributed by atoms with Crippen LogP contribution in [0, 0.1) is 0 Å². The Balaban J connectivity index is 1.67. The molecule has 0 unspecified atom stereocenters. The number of halogens is 1. The van der Waals surface area contributed by atoms with Gasteiger partial charge in [-0.05, 0) is 36.4 Å². The number of aliphatic imine (C=N–C) groups is 1. The van der Waals surface area contributed by atoms with Crippen LogP contribution < -0.4 is 5.32 Å². The summed E-state index contributed by atoms with van der Waals surface area (Å²) >= 11 is 4.57. The smallest absolute Gasteiger partial charge is 0.240 e. The van der Waals surface area contributed by atoms with E-state index in [-0.39, 0.29) is 23.9 Å². The first-order chi connectivity index (χ1) is 11.5. The van der Waals surface area contributed by atoms with Crippen LogP contribution in [0.5, 0.6) is 5.75 Å². The first kappa shape index (κ1) is 16.7. The Bertz CT molecular complexity index is 804. The molecule has 1 fully saturated rings. The predicted octanol–water partition coefficient (Wildman–Crippen LogP) is 3.65. The first-order valence-electron chi connectivity index (χ1n) is 7.15. The number of hydrogen-bond donors (Lipinski definition) is 2. The van der Waals surface area contributed by atoms with Crippen LogP contribution in [0.3, 0.4) is 0 Å². The van der Waals surface area contributed by atoms with Crippen molar-refractivity contribution in [3.8, 4) is 5.75 Å². The predicted molar refractivity (Wildman–Crippen MR) is 97.8 cm³/mol. The van der Waals surface area contributed by atoms with Crippen LogP contribution in [-0.4, -0.2) is 27.2 Å². The van der Waals surface area contributed by atoms with Crippen LogP contribution in [0.1, 0.15) is 16.8 Å². The SMILES string of the molecule is O=C(C[C@H]1SC(=Nc2ccc(O)cc2)NC1=O)c1ccc(Br)cc1. The van der Waals surface area contributed by atoms with Gasteiger partial charge in [0.1, 0.15) is 5.75 Å². The van der Waals surface area contributed by atoms with Crippen LogP contribution >= 0.6 is 27.7 Å². The van der Waals surface area contributed by atoms with Crippen LogP contribution in [0.25, 0.3) is 0 Å². The van der Waals surface area contributed by atoms with Gasteiger partial charge in [-0.1, -0.05) is 39.8 Å². The highest BCUT2D eigenvalue weighted by Gasteiger charge is 2.32. The average molecular weight is 405 g/mol. The molecule has 0 spiro atoms. The third-order valence-electron chi connectivity index (χ3n) is 3.39. The molecule has 1 heterocycles. The van der Waals surface area contributed by atoms with Gasteiger partial charge in [0, 0.05) is 16.5 Å². The third kappa shape index (κ3) is 4.04. The van der Waals surface area contributed by atoms with Gasteiger partial charge in [0.05, 0.1) is 10.9 Å². The summed E-state index contributed by atoms with van der Waals surface area (Å²) in [6.07, 6.45) is 0.118. The Morgan fingerprint density at radius 2 is 1.83 bits per heavy atom. The molecule has 7 heteroatoms. The van der Waals surface area contributed by atoms with Crippen molar-refractivity contribution in [2.45, 2.75) is 11.7 Å². The number of phenols is 1. The zero-order chi connectivity index (χ0) is 17.1. The van der Waals surface area contributed by atoms with E-state index in [1.165, 1.54) is 23.9 Å². The number of carbonyl (C=O) groups excluding carboxylic acids is 2. The van der Waals surface area contributed by atoms with E-state index < -0.39 is 5.25 Å². The normalized spacial score (nSPS) is 18.6. The van der Waals surface area contributed by atoms with E-state index in [0.29, 0.717) is 16.4 Å². The van der Waals surface area contributed by atoms with E-state index in [1.54, 1.807) is 36.4 Å². The minimum Gasteiger partial charge on any atom is -0.508 e. The minimum absolute atomic E-state index is 0.0824. The summed E-state index contributed by atoms with van der Waals surface area (Å²) < 4.78 is 0.898. The molecule has 2 N–H and O–H groups in total. The molecule has 1 aliphatic heterocycles. The zero-order valence-corrected chi connectivity index (χ0v) is 14.8. The van der Waals surface area contributed by atoms with Crippen molar-refractivity contribution < 1.29 is 14.7 Å². The monoisotopic (exact) mass is 404 g/mol. The van der Waals surface area contributed by atoms with Gasteiger partial charge < -0.3 is 10.4 Å². The lowest BCUT2D eigenvalue weighted by molar-refractivity contribution is -0.118. The van der Waals surface area contributed by atoms with Crippen molar-refractivity contribution in [2.24, 2.45) is 4.99 Å². The van der Waals surface area contributed by atoms with Gasteiger partial charge in [0.25, 0.3) is 0 Å². The number of benzene rings is 2. The van der Waals surface area contributed by atoms with Gasteiger partial charge in [0.15, 0.2) is 11.0 Å². The topological polar surface area (TPSA) is 78.8 Å². The number of rotatable bonds is 4. The second kappa shape index (κ2) is 7.19. The highest BCUT2D eigenvalue weighted by Crippen LogP contribution is 2.27. The van der Waals surface area contributed by atoms with Gasteiger partial charge >= 0.3 is 0 Å². The maximum Gasteiger partial charge on any atom is 0.240 e. The Morgan fingerprint density at radius 1 is 1.17 bits per heavy atom.